The summed E-state index contributed by atoms with van der Waals surface area (Å²) in [5, 5.41) is 5.07. The Hall–Kier alpha value is -0.443. The summed E-state index contributed by atoms with van der Waals surface area (Å²) in [4.78, 5) is 0. The Kier molecular flexibility index (Phi) is 3.39. The molecule has 0 aliphatic heterocycles. The number of hydrogen-bond acceptors (Lipinski definition) is 0. The van der Waals surface area contributed by atoms with Crippen molar-refractivity contribution < 1.29 is 41.7 Å². The fourth-order valence-electron chi connectivity index (χ4n) is 1.88. The molecule has 0 aromatic heterocycles. The van der Waals surface area contributed by atoms with E-state index in [1.807, 2.05) is 12.1 Å². The molecule has 0 aliphatic rings. The van der Waals surface area contributed by atoms with Crippen LogP contribution < -0.4 is 0 Å². The average Bonchev–Trinajstić information content (AvgIpc) is 2.29. The van der Waals surface area contributed by atoms with Crippen molar-refractivity contribution in [1.82, 2.24) is 0 Å². The van der Waals surface area contributed by atoms with Crippen LogP contribution in [0.5, 0.6) is 0 Å². The van der Waals surface area contributed by atoms with Crippen LogP contribution in [0.2, 0.25) is 0 Å². The second-order valence-electron chi connectivity index (χ2n) is 3.42. The summed E-state index contributed by atoms with van der Waals surface area (Å²) in [5.74, 6) is 0. The van der Waals surface area contributed by atoms with Gasteiger partial charge in [-0.05, 0) is 5.39 Å². The molecular weight excluding hydrogens is 308 g/mol. The molecule has 0 heterocycles. The molecule has 0 fully saturated rings. The molecule has 0 bridgehead atoms. The molecule has 0 spiro atoms. The minimum Gasteiger partial charge on any atom is -0.147 e. The first-order valence-electron chi connectivity index (χ1n) is 4.73. The molecule has 3 aromatic rings. The largest absolute Gasteiger partial charge is 0.147 e. The van der Waals surface area contributed by atoms with E-state index in [1.54, 1.807) is 0 Å². The zero-order chi connectivity index (χ0) is 9.38. The number of hydrogen-bond donors (Lipinski definition) is 0. The number of fused-ring (bicyclic) bond motifs is 3. The van der Waals surface area contributed by atoms with Gasteiger partial charge in [0.2, 0.25) is 0 Å². The van der Waals surface area contributed by atoms with E-state index in [1.165, 1.54) is 21.5 Å². The summed E-state index contributed by atoms with van der Waals surface area (Å²) < 4.78 is 0. The van der Waals surface area contributed by atoms with Gasteiger partial charge in [-0.25, -0.2) is 0 Å². The molecule has 0 N–H and O–H groups in total. The van der Waals surface area contributed by atoms with E-state index in [0.717, 1.165) is 0 Å². The van der Waals surface area contributed by atoms with Gasteiger partial charge in [-0.3, -0.25) is 0 Å². The maximum absolute atomic E-state index is 3.24. The Balaban J connectivity index is 0.000000853. The second-order valence-corrected chi connectivity index (χ2v) is 3.42. The van der Waals surface area contributed by atoms with Crippen LogP contribution in [-0.2, 0) is 0 Å². The molecule has 0 radical (unpaired) electrons. The Bertz CT molecular complexity index is 544. The predicted octanol–water partition coefficient (Wildman–Crippen LogP) is 3.79. The van der Waals surface area contributed by atoms with Gasteiger partial charge < -0.3 is 0 Å². The van der Waals surface area contributed by atoms with Crippen LogP contribution in [0.3, 0.4) is 0 Å². The standard InChI is InChI=1S/C14H9.Ce/c1-3-7-13-11(5-1)9-10-12-6-2-4-8-14(12)13;/h1-5,7-10H;/q-1;. The Labute approximate surface area is 123 Å². The number of rotatable bonds is 0. The minimum atomic E-state index is 0. The molecule has 3 rings (SSSR count). The fourth-order valence-corrected chi connectivity index (χ4v) is 1.88. The van der Waals surface area contributed by atoms with Crippen molar-refractivity contribution in [3.8, 4) is 0 Å². The van der Waals surface area contributed by atoms with Gasteiger partial charge in [0, 0.05) is 41.7 Å². The van der Waals surface area contributed by atoms with Crippen molar-refractivity contribution in [2.45, 2.75) is 0 Å². The van der Waals surface area contributed by atoms with Gasteiger partial charge in [0.15, 0.2) is 0 Å². The first kappa shape index (κ1) is 11.1. The molecule has 0 aliphatic carbocycles. The van der Waals surface area contributed by atoms with E-state index >= 15 is 0 Å². The first-order valence-corrected chi connectivity index (χ1v) is 4.73. The zero-order valence-electron chi connectivity index (χ0n) is 8.20. The van der Waals surface area contributed by atoms with Crippen LogP contribution >= 0.6 is 0 Å². The van der Waals surface area contributed by atoms with Gasteiger partial charge >= 0.3 is 0 Å². The van der Waals surface area contributed by atoms with E-state index < -0.39 is 0 Å². The van der Waals surface area contributed by atoms with Gasteiger partial charge in [0.1, 0.15) is 0 Å². The third-order valence-corrected chi connectivity index (χ3v) is 2.57. The molecule has 3 aromatic carbocycles. The van der Waals surface area contributed by atoms with E-state index in [0.29, 0.717) is 0 Å². The van der Waals surface area contributed by atoms with Crippen LogP contribution in [0.25, 0.3) is 21.5 Å². The molecule has 70 valence electrons. The van der Waals surface area contributed by atoms with Crippen LogP contribution in [0.15, 0.2) is 54.6 Å². The topological polar surface area (TPSA) is 0 Å². The Morgan fingerprint density at radius 1 is 0.733 bits per heavy atom. The maximum atomic E-state index is 3.24. The summed E-state index contributed by atoms with van der Waals surface area (Å²) in [6.07, 6.45) is 0. The summed E-state index contributed by atoms with van der Waals surface area (Å²) in [6.45, 7) is 0. The van der Waals surface area contributed by atoms with E-state index in [9.17, 15) is 0 Å². The Morgan fingerprint density at radius 2 is 1.53 bits per heavy atom. The van der Waals surface area contributed by atoms with Gasteiger partial charge in [0.25, 0.3) is 0 Å². The van der Waals surface area contributed by atoms with Gasteiger partial charge in [-0.2, -0.15) is 0 Å². The van der Waals surface area contributed by atoms with Crippen molar-refractivity contribution in [1.29, 1.82) is 0 Å². The van der Waals surface area contributed by atoms with Crippen LogP contribution in [-0.4, -0.2) is 0 Å². The van der Waals surface area contributed by atoms with Crippen molar-refractivity contribution in [3.05, 3.63) is 60.7 Å². The molecule has 0 nitrogen and oxygen atoms in total. The predicted molar refractivity (Wildman–Crippen MR) is 60.3 cm³/mol. The van der Waals surface area contributed by atoms with Crippen molar-refractivity contribution in [2.75, 3.05) is 0 Å². The van der Waals surface area contributed by atoms with Crippen molar-refractivity contribution in [2.24, 2.45) is 0 Å². The molecule has 0 saturated carbocycles. The summed E-state index contributed by atoms with van der Waals surface area (Å²) in [6, 6.07) is 22.1. The molecule has 0 atom stereocenters. The first-order chi connectivity index (χ1) is 6.95. The SMILES string of the molecule is [Ce].[c-]1cccc2c1ccc1ccccc12. The normalized spacial score (nSPS) is 10.1. The molecule has 0 unspecified atom stereocenters. The van der Waals surface area contributed by atoms with E-state index in [-0.39, 0.29) is 41.7 Å². The third-order valence-electron chi connectivity index (χ3n) is 2.57. The molecule has 0 saturated heterocycles. The van der Waals surface area contributed by atoms with Gasteiger partial charge in [-0.15, -0.1) is 41.1 Å². The summed E-state index contributed by atoms with van der Waals surface area (Å²) in [5.41, 5.74) is 0. The monoisotopic (exact) mass is 317 g/mol. The van der Waals surface area contributed by atoms with Gasteiger partial charge in [0.05, 0.1) is 0 Å². The van der Waals surface area contributed by atoms with Crippen molar-refractivity contribution >= 4 is 21.5 Å². The Morgan fingerprint density at radius 3 is 2.47 bits per heavy atom. The molecule has 0 amide bonds. The van der Waals surface area contributed by atoms with Crippen LogP contribution in [0.4, 0.5) is 0 Å². The van der Waals surface area contributed by atoms with E-state index in [2.05, 4.69) is 48.5 Å². The minimum absolute atomic E-state index is 0. The molecule has 15 heavy (non-hydrogen) atoms. The van der Waals surface area contributed by atoms with Gasteiger partial charge in [-0.1, -0.05) is 35.7 Å². The second kappa shape index (κ2) is 4.60. The van der Waals surface area contributed by atoms with Crippen LogP contribution in [0.1, 0.15) is 0 Å². The quantitative estimate of drug-likeness (QED) is 0.437. The van der Waals surface area contributed by atoms with E-state index in [4.69, 9.17) is 0 Å². The number of benzene rings is 3. The average molecular weight is 317 g/mol. The molecular formula is C14H9Ce-. The summed E-state index contributed by atoms with van der Waals surface area (Å²) in [7, 11) is 0. The maximum Gasteiger partial charge on any atom is 0 e. The van der Waals surface area contributed by atoms with Crippen molar-refractivity contribution in [3.63, 3.8) is 0 Å². The smallest absolute Gasteiger partial charge is 0 e. The van der Waals surface area contributed by atoms with Crippen LogP contribution in [0, 0.1) is 47.8 Å². The molecule has 1 heteroatoms. The third kappa shape index (κ3) is 1.94. The zero-order valence-corrected chi connectivity index (χ0v) is 11.3. The fraction of sp³-hybridized carbons (Fsp3) is 0. The summed E-state index contributed by atoms with van der Waals surface area (Å²) >= 11 is 0.